The van der Waals surface area contributed by atoms with Crippen LogP contribution in [0.25, 0.3) is 16.8 Å². The van der Waals surface area contributed by atoms with Gasteiger partial charge in [0, 0.05) is 24.6 Å². The summed E-state index contributed by atoms with van der Waals surface area (Å²) in [5.74, 6) is 0.803. The van der Waals surface area contributed by atoms with Gasteiger partial charge in [0.2, 0.25) is 0 Å². The van der Waals surface area contributed by atoms with E-state index in [2.05, 4.69) is 30.2 Å². The number of amides is 1. The van der Waals surface area contributed by atoms with Crippen molar-refractivity contribution >= 4 is 11.9 Å². The number of hydrogen-bond acceptors (Lipinski definition) is 4. The molecule has 188 valence electrons. The van der Waals surface area contributed by atoms with Crippen LogP contribution in [0.5, 0.6) is 0 Å². The van der Waals surface area contributed by atoms with Crippen molar-refractivity contribution in [3.8, 4) is 16.8 Å². The second kappa shape index (κ2) is 10.3. The molecule has 6 nitrogen and oxygen atoms in total. The summed E-state index contributed by atoms with van der Waals surface area (Å²) in [5.41, 5.74) is 6.22. The van der Waals surface area contributed by atoms with E-state index in [9.17, 15) is 9.59 Å². The molecule has 36 heavy (non-hydrogen) atoms. The Kier molecular flexibility index (Phi) is 6.95. The van der Waals surface area contributed by atoms with E-state index < -0.39 is 0 Å². The molecule has 0 bridgehead atoms. The van der Waals surface area contributed by atoms with E-state index in [1.807, 2.05) is 47.7 Å². The molecule has 0 saturated heterocycles. The van der Waals surface area contributed by atoms with Crippen molar-refractivity contribution in [2.24, 2.45) is 5.92 Å². The molecule has 0 atom stereocenters. The molecule has 1 heterocycles. The van der Waals surface area contributed by atoms with Crippen LogP contribution in [0, 0.1) is 12.8 Å². The van der Waals surface area contributed by atoms with E-state index in [4.69, 9.17) is 4.74 Å². The second-order valence-electron chi connectivity index (χ2n) is 10.1. The van der Waals surface area contributed by atoms with Gasteiger partial charge in [0.1, 0.15) is 5.56 Å². The third-order valence-corrected chi connectivity index (χ3v) is 7.19. The minimum absolute atomic E-state index is 0.126. The van der Waals surface area contributed by atoms with Gasteiger partial charge in [-0.15, -0.1) is 0 Å². The van der Waals surface area contributed by atoms with E-state index in [0.717, 1.165) is 66.0 Å². The van der Waals surface area contributed by atoms with Crippen molar-refractivity contribution in [2.45, 2.75) is 58.8 Å². The Labute approximate surface area is 213 Å². The van der Waals surface area contributed by atoms with Gasteiger partial charge in [-0.05, 0) is 86.8 Å². The minimum atomic E-state index is -0.313. The highest BCUT2D eigenvalue weighted by Gasteiger charge is 2.33. The fourth-order valence-corrected chi connectivity index (χ4v) is 4.99. The first-order valence-corrected chi connectivity index (χ1v) is 13.3. The van der Waals surface area contributed by atoms with E-state index in [-0.39, 0.29) is 11.9 Å². The number of nitrogens with zero attached hydrogens (tertiary/aromatic N) is 3. The van der Waals surface area contributed by atoms with E-state index in [0.29, 0.717) is 24.0 Å². The maximum atomic E-state index is 13.5. The third kappa shape index (κ3) is 4.95. The van der Waals surface area contributed by atoms with Crippen LogP contribution in [0.4, 0.5) is 0 Å². The first kappa shape index (κ1) is 24.3. The summed E-state index contributed by atoms with van der Waals surface area (Å²) < 4.78 is 7.16. The van der Waals surface area contributed by atoms with Crippen molar-refractivity contribution in [1.82, 2.24) is 14.7 Å². The van der Waals surface area contributed by atoms with Gasteiger partial charge < -0.3 is 9.64 Å². The first-order valence-electron chi connectivity index (χ1n) is 13.3. The molecule has 0 aliphatic heterocycles. The molecule has 2 aliphatic carbocycles. The smallest absolute Gasteiger partial charge is 0.341 e. The minimum Gasteiger partial charge on any atom is -0.462 e. The van der Waals surface area contributed by atoms with Gasteiger partial charge in [0.05, 0.1) is 24.2 Å². The van der Waals surface area contributed by atoms with Crippen LogP contribution in [-0.2, 0) is 4.74 Å². The van der Waals surface area contributed by atoms with Crippen LogP contribution in [0.1, 0.15) is 83.8 Å². The molecule has 0 spiro atoms. The molecule has 2 aromatic carbocycles. The Morgan fingerprint density at radius 2 is 1.83 bits per heavy atom. The van der Waals surface area contributed by atoms with Crippen molar-refractivity contribution in [3.63, 3.8) is 0 Å². The van der Waals surface area contributed by atoms with E-state index in [1.54, 1.807) is 6.20 Å². The Morgan fingerprint density at radius 1 is 1.06 bits per heavy atom. The van der Waals surface area contributed by atoms with Gasteiger partial charge >= 0.3 is 5.97 Å². The quantitative estimate of drug-likeness (QED) is 0.323. The summed E-state index contributed by atoms with van der Waals surface area (Å²) in [6, 6.07) is 14.2. The predicted molar refractivity (Wildman–Crippen MR) is 141 cm³/mol. The zero-order chi connectivity index (χ0) is 25.2. The molecule has 3 aromatic rings. The Balaban J connectivity index is 1.48. The molecule has 0 radical (unpaired) electrons. The molecule has 2 fully saturated rings. The fourth-order valence-electron chi connectivity index (χ4n) is 4.99. The fraction of sp³-hybridized carbons (Fsp3) is 0.433. The predicted octanol–water partition coefficient (Wildman–Crippen LogP) is 6.16. The monoisotopic (exact) mass is 485 g/mol. The zero-order valence-electron chi connectivity index (χ0n) is 21.5. The summed E-state index contributed by atoms with van der Waals surface area (Å²) in [6.07, 6.45) is 7.15. The van der Waals surface area contributed by atoms with E-state index >= 15 is 0 Å². The Morgan fingerprint density at radius 3 is 2.53 bits per heavy atom. The lowest BCUT2D eigenvalue weighted by atomic mass is 9.95. The molecule has 2 aliphatic rings. The van der Waals surface area contributed by atoms with Gasteiger partial charge in [-0.2, -0.15) is 5.10 Å². The van der Waals surface area contributed by atoms with Crippen molar-refractivity contribution in [3.05, 3.63) is 71.0 Å². The van der Waals surface area contributed by atoms with Crippen LogP contribution >= 0.6 is 0 Å². The van der Waals surface area contributed by atoms with Gasteiger partial charge in [-0.25, -0.2) is 9.48 Å². The average Bonchev–Trinajstić information content (AvgIpc) is 3.83. The molecule has 1 amide bonds. The summed E-state index contributed by atoms with van der Waals surface area (Å²) in [6.45, 7) is 7.98. The highest BCUT2D eigenvalue weighted by atomic mass is 16.5. The lowest BCUT2D eigenvalue weighted by molar-refractivity contribution is 0.0524. The number of rotatable bonds is 10. The lowest BCUT2D eigenvalue weighted by Crippen LogP contribution is -2.34. The molecule has 0 unspecified atom stereocenters. The van der Waals surface area contributed by atoms with Crippen LogP contribution in [0.3, 0.4) is 0 Å². The van der Waals surface area contributed by atoms with Crippen LogP contribution in [0.2, 0.25) is 0 Å². The summed E-state index contributed by atoms with van der Waals surface area (Å²) in [7, 11) is 0. The van der Waals surface area contributed by atoms with Crippen molar-refractivity contribution in [1.29, 1.82) is 0 Å². The molecule has 2 saturated carbocycles. The first-order chi connectivity index (χ1) is 17.5. The highest BCUT2D eigenvalue weighted by Crippen LogP contribution is 2.43. The van der Waals surface area contributed by atoms with Crippen molar-refractivity contribution < 1.29 is 14.3 Å². The van der Waals surface area contributed by atoms with E-state index in [1.165, 1.54) is 12.8 Å². The molecule has 1 aromatic heterocycles. The SMILES string of the molecule is CCCN(CC1CC1)C(=O)c1cccc(-c2cccc(-n3ncc(C(=O)OCC)c3C3CC3)c2)c1C. The number of esters is 1. The lowest BCUT2D eigenvalue weighted by Gasteiger charge is -2.23. The number of carbonyl (C=O) groups is 2. The Bertz CT molecular complexity index is 1270. The molecule has 0 N–H and O–H groups in total. The largest absolute Gasteiger partial charge is 0.462 e. The van der Waals surface area contributed by atoms with Gasteiger partial charge in [-0.1, -0.05) is 31.2 Å². The average molecular weight is 486 g/mol. The summed E-state index contributed by atoms with van der Waals surface area (Å²) in [4.78, 5) is 28.1. The summed E-state index contributed by atoms with van der Waals surface area (Å²) in [5, 5.41) is 4.59. The molecular formula is C30H35N3O3. The van der Waals surface area contributed by atoms with Gasteiger partial charge in [0.25, 0.3) is 5.91 Å². The number of ether oxygens (including phenoxy) is 1. The number of aromatic nitrogens is 2. The number of hydrogen-bond donors (Lipinski definition) is 0. The Hall–Kier alpha value is -3.41. The van der Waals surface area contributed by atoms with Crippen LogP contribution in [-0.4, -0.2) is 46.3 Å². The van der Waals surface area contributed by atoms with Crippen LogP contribution < -0.4 is 0 Å². The normalized spacial score (nSPS) is 15.1. The van der Waals surface area contributed by atoms with Gasteiger partial charge in [-0.3, -0.25) is 4.79 Å². The maximum absolute atomic E-state index is 13.5. The van der Waals surface area contributed by atoms with Crippen LogP contribution in [0.15, 0.2) is 48.7 Å². The zero-order valence-corrected chi connectivity index (χ0v) is 21.5. The highest BCUT2D eigenvalue weighted by molar-refractivity contribution is 5.97. The molecule has 5 rings (SSSR count). The standard InChI is InChI=1S/C30H35N3O3/c1-4-16-32(19-21-12-13-21)29(34)26-11-7-10-25(20(26)3)23-8-6-9-24(17-23)33-28(22-14-15-22)27(18-31-33)30(35)36-5-2/h6-11,17-18,21-22H,4-5,12-16,19H2,1-3H3. The molecular weight excluding hydrogens is 450 g/mol. The second-order valence-corrected chi connectivity index (χ2v) is 10.1. The number of benzene rings is 2. The van der Waals surface area contributed by atoms with Gasteiger partial charge in [0.15, 0.2) is 0 Å². The topological polar surface area (TPSA) is 64.4 Å². The van der Waals surface area contributed by atoms with Crippen molar-refractivity contribution in [2.75, 3.05) is 19.7 Å². The maximum Gasteiger partial charge on any atom is 0.341 e. The third-order valence-electron chi connectivity index (χ3n) is 7.19. The summed E-state index contributed by atoms with van der Waals surface area (Å²) >= 11 is 0. The molecule has 6 heteroatoms. The number of carbonyl (C=O) groups excluding carboxylic acids is 2.